The molecule has 0 bridgehead atoms. The Labute approximate surface area is 185 Å². The SMILES string of the molecule is O=C(COC(=O)c1ccc(Cl)c(S(=O)(=O)NCc2ccccc2)c1)NC[C@H]1CCCO1. The first-order valence-corrected chi connectivity index (χ1v) is 11.6. The van der Waals surface area contributed by atoms with Gasteiger partial charge in [-0.05, 0) is 36.6 Å². The summed E-state index contributed by atoms with van der Waals surface area (Å²) in [5, 5.41) is 2.60. The van der Waals surface area contributed by atoms with E-state index in [1.807, 2.05) is 6.07 Å². The summed E-state index contributed by atoms with van der Waals surface area (Å²) < 4.78 is 38.2. The number of ether oxygens (including phenoxy) is 2. The van der Waals surface area contributed by atoms with Crippen LogP contribution < -0.4 is 10.0 Å². The number of sulfonamides is 1. The van der Waals surface area contributed by atoms with E-state index in [1.54, 1.807) is 24.3 Å². The fourth-order valence-electron chi connectivity index (χ4n) is 2.99. The first kappa shape index (κ1) is 23.2. The molecule has 1 aliphatic rings. The van der Waals surface area contributed by atoms with E-state index in [1.165, 1.54) is 12.1 Å². The van der Waals surface area contributed by atoms with Crippen LogP contribution >= 0.6 is 11.6 Å². The van der Waals surface area contributed by atoms with Gasteiger partial charge in [-0.3, -0.25) is 4.79 Å². The molecule has 31 heavy (non-hydrogen) atoms. The van der Waals surface area contributed by atoms with Crippen LogP contribution in [0.15, 0.2) is 53.4 Å². The summed E-state index contributed by atoms with van der Waals surface area (Å²) in [4.78, 5) is 23.9. The van der Waals surface area contributed by atoms with E-state index in [0.717, 1.165) is 24.5 Å². The lowest BCUT2D eigenvalue weighted by Gasteiger charge is -2.12. The van der Waals surface area contributed by atoms with Gasteiger partial charge < -0.3 is 14.8 Å². The molecule has 1 fully saturated rings. The molecular formula is C21H23ClN2O6S. The maximum atomic E-state index is 12.7. The fourth-order valence-corrected chi connectivity index (χ4v) is 4.53. The third-order valence-corrected chi connectivity index (χ3v) is 6.53. The average Bonchev–Trinajstić information content (AvgIpc) is 3.29. The molecule has 0 unspecified atom stereocenters. The topological polar surface area (TPSA) is 111 Å². The van der Waals surface area contributed by atoms with Gasteiger partial charge in [0.05, 0.1) is 16.7 Å². The van der Waals surface area contributed by atoms with Crippen molar-refractivity contribution >= 4 is 33.5 Å². The first-order chi connectivity index (χ1) is 14.8. The van der Waals surface area contributed by atoms with Crippen molar-refractivity contribution in [1.82, 2.24) is 10.0 Å². The predicted octanol–water partition coefficient (Wildman–Crippen LogP) is 2.27. The Morgan fingerprint density at radius 3 is 2.65 bits per heavy atom. The minimum atomic E-state index is -3.98. The molecule has 1 heterocycles. The smallest absolute Gasteiger partial charge is 0.338 e. The largest absolute Gasteiger partial charge is 0.452 e. The zero-order valence-electron chi connectivity index (χ0n) is 16.7. The fraction of sp³-hybridized carbons (Fsp3) is 0.333. The number of carbonyl (C=O) groups excluding carboxylic acids is 2. The molecule has 0 radical (unpaired) electrons. The van der Waals surface area contributed by atoms with Crippen molar-refractivity contribution in [2.45, 2.75) is 30.4 Å². The van der Waals surface area contributed by atoms with Crippen molar-refractivity contribution in [2.24, 2.45) is 0 Å². The molecule has 0 aliphatic carbocycles. The lowest BCUT2D eigenvalue weighted by Crippen LogP contribution is -2.34. The van der Waals surface area contributed by atoms with E-state index < -0.39 is 28.5 Å². The third-order valence-electron chi connectivity index (χ3n) is 4.65. The third kappa shape index (κ3) is 6.76. The van der Waals surface area contributed by atoms with Gasteiger partial charge in [0.25, 0.3) is 5.91 Å². The van der Waals surface area contributed by atoms with Crippen molar-refractivity contribution in [3.63, 3.8) is 0 Å². The van der Waals surface area contributed by atoms with Crippen LogP contribution in [0, 0.1) is 0 Å². The predicted molar refractivity (Wildman–Crippen MR) is 114 cm³/mol. The van der Waals surface area contributed by atoms with Crippen LogP contribution in [0.25, 0.3) is 0 Å². The molecule has 1 amide bonds. The molecule has 1 atom stereocenters. The molecule has 0 saturated carbocycles. The summed E-state index contributed by atoms with van der Waals surface area (Å²) in [6.45, 7) is 0.617. The van der Waals surface area contributed by atoms with E-state index in [9.17, 15) is 18.0 Å². The standard InChI is InChI=1S/C21H23ClN2O6S/c22-18-9-8-16(21(26)30-14-20(25)23-13-17-7-4-10-29-17)11-19(18)31(27,28)24-12-15-5-2-1-3-6-15/h1-3,5-6,8-9,11,17,24H,4,7,10,12-14H2,(H,23,25)/t17-/m1/s1. The second-order valence-electron chi connectivity index (χ2n) is 6.97. The zero-order valence-corrected chi connectivity index (χ0v) is 18.2. The molecule has 10 heteroatoms. The number of benzene rings is 2. The van der Waals surface area contributed by atoms with E-state index in [2.05, 4.69) is 10.0 Å². The zero-order chi connectivity index (χ0) is 22.3. The quantitative estimate of drug-likeness (QED) is 0.548. The molecule has 3 rings (SSSR count). The number of nitrogens with one attached hydrogen (secondary N) is 2. The minimum absolute atomic E-state index is 0.0212. The molecular weight excluding hydrogens is 444 g/mol. The summed E-state index contributed by atoms with van der Waals surface area (Å²) in [6, 6.07) is 12.7. The van der Waals surface area contributed by atoms with Gasteiger partial charge in [-0.25, -0.2) is 17.9 Å². The highest BCUT2D eigenvalue weighted by molar-refractivity contribution is 7.89. The molecule has 1 saturated heterocycles. The van der Waals surface area contributed by atoms with Crippen LogP contribution in [0.5, 0.6) is 0 Å². The molecule has 2 aromatic rings. The van der Waals surface area contributed by atoms with Crippen molar-refractivity contribution in [2.75, 3.05) is 19.8 Å². The monoisotopic (exact) mass is 466 g/mol. The maximum Gasteiger partial charge on any atom is 0.338 e. The highest BCUT2D eigenvalue weighted by Crippen LogP contribution is 2.23. The van der Waals surface area contributed by atoms with Crippen LogP contribution in [-0.2, 0) is 30.8 Å². The molecule has 8 nitrogen and oxygen atoms in total. The summed E-state index contributed by atoms with van der Waals surface area (Å²) >= 11 is 6.05. The molecule has 2 N–H and O–H groups in total. The number of rotatable bonds is 9. The van der Waals surface area contributed by atoms with Gasteiger partial charge in [-0.1, -0.05) is 41.9 Å². The lowest BCUT2D eigenvalue weighted by molar-refractivity contribution is -0.124. The highest BCUT2D eigenvalue weighted by atomic mass is 35.5. The van der Waals surface area contributed by atoms with Gasteiger partial charge in [0.15, 0.2) is 6.61 Å². The second-order valence-corrected chi connectivity index (χ2v) is 9.11. The molecule has 2 aromatic carbocycles. The van der Waals surface area contributed by atoms with Gasteiger partial charge in [0.2, 0.25) is 10.0 Å². The Morgan fingerprint density at radius 2 is 1.94 bits per heavy atom. The van der Waals surface area contributed by atoms with Crippen LogP contribution in [0.4, 0.5) is 0 Å². The maximum absolute atomic E-state index is 12.7. The van der Waals surface area contributed by atoms with Crippen molar-refractivity contribution in [3.8, 4) is 0 Å². The Bertz CT molecular complexity index is 1020. The van der Waals surface area contributed by atoms with Crippen LogP contribution in [0.3, 0.4) is 0 Å². The Morgan fingerprint density at radius 1 is 1.16 bits per heavy atom. The summed E-state index contributed by atoms with van der Waals surface area (Å²) in [6.07, 6.45) is 1.81. The Hall–Kier alpha value is -2.46. The van der Waals surface area contributed by atoms with Crippen molar-refractivity contribution < 1.29 is 27.5 Å². The van der Waals surface area contributed by atoms with Crippen LogP contribution in [0.2, 0.25) is 5.02 Å². The van der Waals surface area contributed by atoms with E-state index in [4.69, 9.17) is 21.1 Å². The minimum Gasteiger partial charge on any atom is -0.452 e. The first-order valence-electron chi connectivity index (χ1n) is 9.74. The molecule has 166 valence electrons. The summed E-state index contributed by atoms with van der Waals surface area (Å²) in [5.41, 5.74) is 0.739. The Kier molecular flexibility index (Phi) is 8.03. The number of hydrogen-bond donors (Lipinski definition) is 2. The number of halogens is 1. The van der Waals surface area contributed by atoms with E-state index >= 15 is 0 Å². The van der Waals surface area contributed by atoms with Crippen LogP contribution in [-0.4, -0.2) is 46.2 Å². The molecule has 1 aliphatic heterocycles. The van der Waals surface area contributed by atoms with Crippen LogP contribution in [0.1, 0.15) is 28.8 Å². The van der Waals surface area contributed by atoms with Gasteiger partial charge >= 0.3 is 5.97 Å². The van der Waals surface area contributed by atoms with E-state index in [0.29, 0.717) is 13.2 Å². The number of esters is 1. The number of amides is 1. The summed E-state index contributed by atoms with van der Waals surface area (Å²) in [5.74, 6) is -1.29. The summed E-state index contributed by atoms with van der Waals surface area (Å²) in [7, 11) is -3.98. The average molecular weight is 467 g/mol. The highest BCUT2D eigenvalue weighted by Gasteiger charge is 2.21. The molecule has 0 spiro atoms. The Balaban J connectivity index is 1.58. The second kappa shape index (κ2) is 10.7. The van der Waals surface area contributed by atoms with Gasteiger partial charge in [-0.2, -0.15) is 0 Å². The van der Waals surface area contributed by atoms with Gasteiger partial charge in [0, 0.05) is 19.7 Å². The van der Waals surface area contributed by atoms with Crippen molar-refractivity contribution in [1.29, 1.82) is 0 Å². The van der Waals surface area contributed by atoms with E-state index in [-0.39, 0.29) is 28.1 Å². The van der Waals surface area contributed by atoms with Gasteiger partial charge in [-0.15, -0.1) is 0 Å². The molecule has 0 aromatic heterocycles. The van der Waals surface area contributed by atoms with Gasteiger partial charge in [0.1, 0.15) is 4.90 Å². The number of carbonyl (C=O) groups is 2. The number of hydrogen-bond acceptors (Lipinski definition) is 6. The normalized spacial score (nSPS) is 16.1. The van der Waals surface area contributed by atoms with Crippen molar-refractivity contribution in [3.05, 3.63) is 64.7 Å². The lowest BCUT2D eigenvalue weighted by atomic mass is 10.2.